The summed E-state index contributed by atoms with van der Waals surface area (Å²) < 4.78 is 25.6. The van der Waals surface area contributed by atoms with Crippen molar-refractivity contribution in [3.63, 3.8) is 0 Å². The van der Waals surface area contributed by atoms with Crippen LogP contribution in [-0.4, -0.2) is 25.1 Å². The van der Waals surface area contributed by atoms with Gasteiger partial charge < -0.3 is 5.11 Å². The molecule has 1 aliphatic rings. The normalized spacial score (nSPS) is 18.6. The molecule has 0 aromatic heterocycles. The molecule has 0 amide bonds. The molecule has 1 N–H and O–H groups in total. The Labute approximate surface area is 179 Å². The first-order valence-electron chi connectivity index (χ1n) is 10.3. The molecule has 2 unspecified atom stereocenters. The van der Waals surface area contributed by atoms with Crippen LogP contribution >= 0.6 is 0 Å². The van der Waals surface area contributed by atoms with Gasteiger partial charge in [0.15, 0.2) is 15.6 Å². The second-order valence-electron chi connectivity index (χ2n) is 8.76. The van der Waals surface area contributed by atoms with Crippen molar-refractivity contribution >= 4 is 21.2 Å². The lowest BCUT2D eigenvalue weighted by Crippen LogP contribution is -2.28. The molecule has 5 heteroatoms. The van der Waals surface area contributed by atoms with Gasteiger partial charge in [-0.3, -0.25) is 4.79 Å². The Bertz CT molecular complexity index is 1090. The van der Waals surface area contributed by atoms with Crippen LogP contribution in [0.15, 0.2) is 47.1 Å². The van der Waals surface area contributed by atoms with Gasteiger partial charge in [0, 0.05) is 12.8 Å². The number of ketones is 1. The number of rotatable bonds is 5. The lowest BCUT2D eigenvalue weighted by atomic mass is 9.77. The highest BCUT2D eigenvalue weighted by Crippen LogP contribution is 2.38. The van der Waals surface area contributed by atoms with Crippen molar-refractivity contribution in [2.75, 3.05) is 5.75 Å². The fraction of sp³-hybridized carbons (Fsp3) is 0.400. The van der Waals surface area contributed by atoms with E-state index in [1.165, 1.54) is 0 Å². The average molecular weight is 427 g/mol. The number of aryl methyl sites for hydroxylation is 4. The Morgan fingerprint density at radius 1 is 0.967 bits per heavy atom. The zero-order chi connectivity index (χ0) is 22.2. The molecule has 30 heavy (non-hydrogen) atoms. The Morgan fingerprint density at radius 2 is 1.53 bits per heavy atom. The van der Waals surface area contributed by atoms with E-state index in [0.717, 1.165) is 27.8 Å². The van der Waals surface area contributed by atoms with E-state index in [4.69, 9.17) is 0 Å². The van der Waals surface area contributed by atoms with E-state index in [1.807, 2.05) is 46.8 Å². The van der Waals surface area contributed by atoms with E-state index in [0.29, 0.717) is 16.9 Å². The van der Waals surface area contributed by atoms with Gasteiger partial charge in [-0.25, -0.2) is 8.42 Å². The molecular formula is C25H30O4S. The van der Waals surface area contributed by atoms with E-state index in [1.54, 1.807) is 24.3 Å². The Hall–Kier alpha value is -2.40. The minimum absolute atomic E-state index is 0.0425. The number of Topliss-reactive ketones (excluding diaryl/α,β-unsaturated/α-hetero) is 1. The van der Waals surface area contributed by atoms with Crippen molar-refractivity contribution < 1.29 is 18.3 Å². The maximum atomic E-state index is 13.0. The fourth-order valence-corrected chi connectivity index (χ4v) is 6.22. The average Bonchev–Trinajstić information content (AvgIpc) is 2.63. The van der Waals surface area contributed by atoms with Gasteiger partial charge in [0.2, 0.25) is 0 Å². The molecule has 2 aromatic carbocycles. The van der Waals surface area contributed by atoms with Crippen molar-refractivity contribution in [2.24, 2.45) is 11.8 Å². The van der Waals surface area contributed by atoms with E-state index < -0.39 is 9.84 Å². The van der Waals surface area contributed by atoms with Crippen molar-refractivity contribution in [1.82, 2.24) is 0 Å². The molecule has 0 radical (unpaired) electrons. The first-order chi connectivity index (χ1) is 14.0. The number of carbonyl (C=O) groups excluding carboxylic acids is 1. The minimum atomic E-state index is -3.45. The molecule has 0 saturated heterocycles. The topological polar surface area (TPSA) is 71.4 Å². The molecule has 1 aliphatic carbocycles. The number of hydrogen-bond acceptors (Lipinski definition) is 4. The van der Waals surface area contributed by atoms with Crippen LogP contribution in [0.1, 0.15) is 47.6 Å². The quantitative estimate of drug-likeness (QED) is 0.706. The fourth-order valence-electron chi connectivity index (χ4n) is 4.51. The standard InChI is InChI=1S/C25H30O4S/c1-15-6-8-21(9-7-15)30(28,29)14-19(5)20-12-22(26)25(23(27)13-20)24-17(3)10-16(2)11-18(24)4/h6-11,19-20,26H,12-14H2,1-5H3. The molecule has 0 saturated carbocycles. The van der Waals surface area contributed by atoms with Crippen LogP contribution < -0.4 is 0 Å². The summed E-state index contributed by atoms with van der Waals surface area (Å²) in [6.45, 7) is 9.67. The maximum absolute atomic E-state index is 13.0. The van der Waals surface area contributed by atoms with Crippen molar-refractivity contribution in [1.29, 1.82) is 0 Å². The van der Waals surface area contributed by atoms with E-state index in [9.17, 15) is 18.3 Å². The predicted octanol–water partition coefficient (Wildman–Crippen LogP) is 5.28. The van der Waals surface area contributed by atoms with Crippen molar-refractivity contribution in [3.05, 3.63) is 70.0 Å². The molecule has 0 spiro atoms. The number of aliphatic hydroxyl groups is 1. The number of sulfone groups is 1. The highest BCUT2D eigenvalue weighted by Gasteiger charge is 2.34. The van der Waals surface area contributed by atoms with Gasteiger partial charge in [-0.1, -0.05) is 42.3 Å². The van der Waals surface area contributed by atoms with Gasteiger partial charge in [0.25, 0.3) is 0 Å². The zero-order valence-corrected chi connectivity index (χ0v) is 19.1. The number of aliphatic hydroxyl groups excluding tert-OH is 1. The molecule has 3 rings (SSSR count). The zero-order valence-electron chi connectivity index (χ0n) is 18.3. The van der Waals surface area contributed by atoms with Gasteiger partial charge in [-0.05, 0) is 68.4 Å². The van der Waals surface area contributed by atoms with Gasteiger partial charge >= 0.3 is 0 Å². The van der Waals surface area contributed by atoms with Crippen LogP contribution in [-0.2, 0) is 14.6 Å². The SMILES string of the molecule is Cc1ccc(S(=O)(=O)CC(C)C2CC(=O)C(c3c(C)cc(C)cc3C)=C(O)C2)cc1. The summed E-state index contributed by atoms with van der Waals surface area (Å²) in [4.78, 5) is 13.3. The van der Waals surface area contributed by atoms with E-state index in [2.05, 4.69) is 0 Å². The predicted molar refractivity (Wildman–Crippen MR) is 120 cm³/mol. The third-order valence-electron chi connectivity index (χ3n) is 6.06. The van der Waals surface area contributed by atoms with Crippen molar-refractivity contribution in [3.8, 4) is 0 Å². The van der Waals surface area contributed by atoms with Gasteiger partial charge in [0.05, 0.1) is 16.2 Å². The van der Waals surface area contributed by atoms with Crippen LogP contribution in [0.25, 0.3) is 5.57 Å². The maximum Gasteiger partial charge on any atom is 0.178 e. The summed E-state index contributed by atoms with van der Waals surface area (Å²) in [5.74, 6) is -0.528. The summed E-state index contributed by atoms with van der Waals surface area (Å²) >= 11 is 0. The van der Waals surface area contributed by atoms with Crippen LogP contribution in [0.5, 0.6) is 0 Å². The summed E-state index contributed by atoms with van der Waals surface area (Å²) in [6.07, 6.45) is 0.565. The van der Waals surface area contributed by atoms with Crippen LogP contribution in [0.2, 0.25) is 0 Å². The minimum Gasteiger partial charge on any atom is -0.512 e. The smallest absolute Gasteiger partial charge is 0.178 e. The molecule has 0 fully saturated rings. The van der Waals surface area contributed by atoms with Crippen LogP contribution in [0, 0.1) is 39.5 Å². The molecule has 0 aliphatic heterocycles. The molecule has 160 valence electrons. The van der Waals surface area contributed by atoms with Crippen LogP contribution in [0.3, 0.4) is 0 Å². The van der Waals surface area contributed by atoms with Crippen LogP contribution in [0.4, 0.5) is 0 Å². The highest BCUT2D eigenvalue weighted by molar-refractivity contribution is 7.91. The number of hydrogen-bond donors (Lipinski definition) is 1. The molecule has 2 aromatic rings. The van der Waals surface area contributed by atoms with Crippen molar-refractivity contribution in [2.45, 2.75) is 52.4 Å². The van der Waals surface area contributed by atoms with Gasteiger partial charge in [-0.2, -0.15) is 0 Å². The second kappa shape index (κ2) is 8.38. The molecular weight excluding hydrogens is 396 g/mol. The summed E-state index contributed by atoms with van der Waals surface area (Å²) in [5.41, 5.74) is 5.26. The van der Waals surface area contributed by atoms with E-state index >= 15 is 0 Å². The lowest BCUT2D eigenvalue weighted by molar-refractivity contribution is -0.115. The Morgan fingerprint density at radius 3 is 2.07 bits per heavy atom. The molecule has 2 atom stereocenters. The summed E-state index contributed by atoms with van der Waals surface area (Å²) in [7, 11) is -3.45. The highest BCUT2D eigenvalue weighted by atomic mass is 32.2. The molecule has 0 bridgehead atoms. The number of allylic oxidation sites excluding steroid dienone is 2. The lowest BCUT2D eigenvalue weighted by Gasteiger charge is -2.29. The summed E-state index contributed by atoms with van der Waals surface area (Å²) in [6, 6.07) is 10.9. The third kappa shape index (κ3) is 4.51. The first-order valence-corrected chi connectivity index (χ1v) is 12.0. The Kier molecular flexibility index (Phi) is 6.23. The number of benzene rings is 2. The molecule has 4 nitrogen and oxygen atoms in total. The largest absolute Gasteiger partial charge is 0.512 e. The monoisotopic (exact) mass is 426 g/mol. The van der Waals surface area contributed by atoms with Gasteiger partial charge in [0.1, 0.15) is 5.76 Å². The number of carbonyl (C=O) groups is 1. The summed E-state index contributed by atoms with van der Waals surface area (Å²) in [5, 5.41) is 10.8. The Balaban J connectivity index is 1.84. The second-order valence-corrected chi connectivity index (χ2v) is 10.8. The third-order valence-corrected chi connectivity index (χ3v) is 8.02. The molecule has 0 heterocycles. The first kappa shape index (κ1) is 22.3. The van der Waals surface area contributed by atoms with E-state index in [-0.39, 0.29) is 35.6 Å². The van der Waals surface area contributed by atoms with Gasteiger partial charge in [-0.15, -0.1) is 0 Å².